The van der Waals surface area contributed by atoms with Gasteiger partial charge in [-0.3, -0.25) is 4.84 Å². The molecule has 2 aromatic rings. The molecular weight excluding hydrogens is 256 g/mol. The van der Waals surface area contributed by atoms with Gasteiger partial charge in [0.1, 0.15) is 6.10 Å². The first-order chi connectivity index (χ1) is 9.31. The van der Waals surface area contributed by atoms with Gasteiger partial charge in [-0.15, -0.1) is 0 Å². The van der Waals surface area contributed by atoms with Crippen LogP contribution in [0.1, 0.15) is 17.2 Å². The smallest absolute Gasteiger partial charge is 0.190 e. The molecule has 0 aliphatic rings. The van der Waals surface area contributed by atoms with Crippen LogP contribution in [0.2, 0.25) is 0 Å². The van der Waals surface area contributed by atoms with Gasteiger partial charge >= 0.3 is 0 Å². The maximum Gasteiger partial charge on any atom is 0.190 e. The minimum atomic E-state index is -0.200. The van der Waals surface area contributed by atoms with Crippen LogP contribution in [0.4, 0.5) is 0 Å². The number of rotatable bonds is 4. The molecule has 0 aromatic heterocycles. The van der Waals surface area contributed by atoms with Gasteiger partial charge in [-0.05, 0) is 23.3 Å². The van der Waals surface area contributed by atoms with Crippen LogP contribution in [0.5, 0.6) is 0 Å². The van der Waals surface area contributed by atoms with Crippen molar-refractivity contribution in [2.75, 3.05) is 7.05 Å². The Morgan fingerprint density at radius 1 is 0.947 bits per heavy atom. The lowest BCUT2D eigenvalue weighted by molar-refractivity contribution is 0.0336. The second-order valence-electron chi connectivity index (χ2n) is 4.00. The predicted molar refractivity (Wildman–Crippen MR) is 80.6 cm³/mol. The highest BCUT2D eigenvalue weighted by Crippen LogP contribution is 2.24. The van der Waals surface area contributed by atoms with Gasteiger partial charge < -0.3 is 5.32 Å². The first-order valence-corrected chi connectivity index (χ1v) is 6.45. The summed E-state index contributed by atoms with van der Waals surface area (Å²) in [5.41, 5.74) is 4.89. The van der Waals surface area contributed by atoms with E-state index in [1.807, 2.05) is 60.7 Å². The summed E-state index contributed by atoms with van der Waals surface area (Å²) in [6.45, 7) is 0. The molecule has 19 heavy (non-hydrogen) atoms. The van der Waals surface area contributed by atoms with E-state index in [2.05, 4.69) is 10.8 Å². The average molecular weight is 272 g/mol. The monoisotopic (exact) mass is 272 g/mol. The van der Waals surface area contributed by atoms with Crippen LogP contribution in [-0.4, -0.2) is 12.2 Å². The first kappa shape index (κ1) is 13.5. The van der Waals surface area contributed by atoms with Crippen LogP contribution in [0.15, 0.2) is 60.7 Å². The number of nitrogens with one attached hydrogen (secondary N) is 2. The predicted octanol–water partition coefficient (Wildman–Crippen LogP) is 2.80. The Balaban J connectivity index is 2.21. The zero-order valence-electron chi connectivity index (χ0n) is 10.7. The highest BCUT2D eigenvalue weighted by Gasteiger charge is 2.15. The van der Waals surface area contributed by atoms with Crippen LogP contribution < -0.4 is 10.8 Å². The third-order valence-corrected chi connectivity index (χ3v) is 2.99. The van der Waals surface area contributed by atoms with E-state index >= 15 is 0 Å². The van der Waals surface area contributed by atoms with Crippen molar-refractivity contribution >= 4 is 17.3 Å². The Kier molecular flexibility index (Phi) is 4.89. The van der Waals surface area contributed by atoms with Gasteiger partial charge in [0.15, 0.2) is 5.11 Å². The summed E-state index contributed by atoms with van der Waals surface area (Å²) in [5.74, 6) is 0. The summed E-state index contributed by atoms with van der Waals surface area (Å²) in [6.07, 6.45) is -0.200. The lowest BCUT2D eigenvalue weighted by Gasteiger charge is -2.19. The van der Waals surface area contributed by atoms with Gasteiger partial charge in [0.2, 0.25) is 0 Å². The second kappa shape index (κ2) is 6.87. The summed E-state index contributed by atoms with van der Waals surface area (Å²) < 4.78 is 0. The van der Waals surface area contributed by atoms with E-state index in [4.69, 9.17) is 17.1 Å². The van der Waals surface area contributed by atoms with E-state index in [0.29, 0.717) is 5.11 Å². The van der Waals surface area contributed by atoms with Crippen LogP contribution >= 0.6 is 12.2 Å². The molecular formula is C15H16N2OS. The summed E-state index contributed by atoms with van der Waals surface area (Å²) in [5, 5.41) is 3.27. The summed E-state index contributed by atoms with van der Waals surface area (Å²) in [6, 6.07) is 20.0. The van der Waals surface area contributed by atoms with Gasteiger partial charge in [-0.1, -0.05) is 60.7 Å². The van der Waals surface area contributed by atoms with Crippen molar-refractivity contribution in [2.45, 2.75) is 6.10 Å². The molecule has 0 heterocycles. The molecule has 0 radical (unpaired) electrons. The van der Waals surface area contributed by atoms with Crippen LogP contribution in [0.3, 0.4) is 0 Å². The standard InChI is InChI=1S/C15H16N2OS/c1-16-15(19)17-18-14(12-8-4-2-5-9-12)13-10-6-3-7-11-13/h2-11,14H,1H3,(H2,16,17,19). The Labute approximate surface area is 118 Å². The van der Waals surface area contributed by atoms with Gasteiger partial charge in [0.25, 0.3) is 0 Å². The Bertz CT molecular complexity index is 477. The topological polar surface area (TPSA) is 33.3 Å². The second-order valence-corrected chi connectivity index (χ2v) is 4.41. The third kappa shape index (κ3) is 3.77. The highest BCUT2D eigenvalue weighted by molar-refractivity contribution is 7.80. The van der Waals surface area contributed by atoms with Crippen LogP contribution in [-0.2, 0) is 4.84 Å². The normalized spacial score (nSPS) is 10.2. The fourth-order valence-corrected chi connectivity index (χ4v) is 1.80. The maximum atomic E-state index is 5.71. The molecule has 0 atom stereocenters. The SMILES string of the molecule is CNC(=S)NOC(c1ccccc1)c1ccccc1. The number of benzene rings is 2. The number of hydroxylamine groups is 1. The molecule has 0 spiro atoms. The molecule has 98 valence electrons. The van der Waals surface area contributed by atoms with Gasteiger partial charge in [0, 0.05) is 7.05 Å². The summed E-state index contributed by atoms with van der Waals surface area (Å²) in [7, 11) is 1.75. The molecule has 0 amide bonds. The van der Waals surface area contributed by atoms with E-state index in [0.717, 1.165) is 11.1 Å². The van der Waals surface area contributed by atoms with E-state index in [1.165, 1.54) is 0 Å². The molecule has 0 fully saturated rings. The van der Waals surface area contributed by atoms with Crippen molar-refractivity contribution in [1.29, 1.82) is 0 Å². The minimum Gasteiger partial charge on any atom is -0.364 e. The molecule has 2 aromatic carbocycles. The molecule has 2 N–H and O–H groups in total. The molecule has 0 saturated heterocycles. The van der Waals surface area contributed by atoms with Crippen LogP contribution in [0.25, 0.3) is 0 Å². The minimum absolute atomic E-state index is 0.200. The fraction of sp³-hybridized carbons (Fsp3) is 0.133. The molecule has 0 unspecified atom stereocenters. The number of thiocarbonyl (C=S) groups is 1. The summed E-state index contributed by atoms with van der Waals surface area (Å²) >= 11 is 5.03. The van der Waals surface area contributed by atoms with Crippen molar-refractivity contribution in [2.24, 2.45) is 0 Å². The maximum absolute atomic E-state index is 5.71. The Hall–Kier alpha value is -1.91. The molecule has 0 aliphatic heterocycles. The van der Waals surface area contributed by atoms with E-state index < -0.39 is 0 Å². The van der Waals surface area contributed by atoms with Crippen LogP contribution in [0, 0.1) is 0 Å². The molecule has 2 rings (SSSR count). The average Bonchev–Trinajstić information content (AvgIpc) is 2.49. The van der Waals surface area contributed by atoms with Gasteiger partial charge in [-0.25, -0.2) is 5.48 Å². The first-order valence-electron chi connectivity index (χ1n) is 6.04. The molecule has 3 nitrogen and oxygen atoms in total. The molecule has 0 bridgehead atoms. The van der Waals surface area contributed by atoms with Gasteiger partial charge in [-0.2, -0.15) is 0 Å². The Morgan fingerprint density at radius 3 is 1.84 bits per heavy atom. The highest BCUT2D eigenvalue weighted by atomic mass is 32.1. The van der Waals surface area contributed by atoms with E-state index in [-0.39, 0.29) is 6.10 Å². The quantitative estimate of drug-likeness (QED) is 0.662. The molecule has 0 saturated carbocycles. The third-order valence-electron chi connectivity index (χ3n) is 2.70. The lowest BCUT2D eigenvalue weighted by Crippen LogP contribution is -2.33. The van der Waals surface area contributed by atoms with Gasteiger partial charge in [0.05, 0.1) is 0 Å². The van der Waals surface area contributed by atoms with E-state index in [9.17, 15) is 0 Å². The zero-order valence-corrected chi connectivity index (χ0v) is 11.5. The number of hydrogen-bond donors (Lipinski definition) is 2. The number of hydrogen-bond acceptors (Lipinski definition) is 2. The molecule has 0 aliphatic carbocycles. The Morgan fingerprint density at radius 2 is 1.42 bits per heavy atom. The van der Waals surface area contributed by atoms with Crippen molar-refractivity contribution in [1.82, 2.24) is 10.8 Å². The molecule has 4 heteroatoms. The summed E-state index contributed by atoms with van der Waals surface area (Å²) in [4.78, 5) is 5.71. The van der Waals surface area contributed by atoms with Crippen molar-refractivity contribution in [3.63, 3.8) is 0 Å². The van der Waals surface area contributed by atoms with Crippen molar-refractivity contribution in [3.8, 4) is 0 Å². The van der Waals surface area contributed by atoms with Crippen molar-refractivity contribution < 1.29 is 4.84 Å². The van der Waals surface area contributed by atoms with E-state index in [1.54, 1.807) is 7.05 Å². The zero-order chi connectivity index (χ0) is 13.5. The fourth-order valence-electron chi connectivity index (χ4n) is 1.75. The van der Waals surface area contributed by atoms with Crippen molar-refractivity contribution in [3.05, 3.63) is 71.8 Å². The lowest BCUT2D eigenvalue weighted by atomic mass is 10.0. The largest absolute Gasteiger partial charge is 0.364 e.